The highest BCUT2D eigenvalue weighted by atomic mass is 35.5. The lowest BCUT2D eigenvalue weighted by atomic mass is 10.1. The van der Waals surface area contributed by atoms with Gasteiger partial charge < -0.3 is 9.84 Å². The molecule has 0 aliphatic rings. The molecular weight excluding hydrogens is 280 g/mol. The normalized spacial score (nSPS) is 12.2. The summed E-state index contributed by atoms with van der Waals surface area (Å²) in [5.74, 6) is -0.421. The third-order valence-electron chi connectivity index (χ3n) is 2.79. The molecule has 0 bridgehead atoms. The number of carbonyl (C=O) groups is 1. The lowest BCUT2D eigenvalue weighted by Gasteiger charge is -2.09. The molecule has 5 nitrogen and oxygen atoms in total. The van der Waals surface area contributed by atoms with Crippen molar-refractivity contribution in [2.45, 2.75) is 20.0 Å². The molecule has 0 amide bonds. The first-order valence-corrected chi connectivity index (χ1v) is 6.60. The molecule has 1 atom stereocenters. The predicted molar refractivity (Wildman–Crippen MR) is 75.2 cm³/mol. The van der Waals surface area contributed by atoms with Crippen LogP contribution in [-0.2, 0) is 4.74 Å². The highest BCUT2D eigenvalue weighted by Gasteiger charge is 2.12. The van der Waals surface area contributed by atoms with E-state index in [4.69, 9.17) is 16.3 Å². The number of ether oxygens (including phenoxy) is 1. The summed E-state index contributed by atoms with van der Waals surface area (Å²) in [6.07, 6.45) is 2.40. The van der Waals surface area contributed by atoms with E-state index in [0.29, 0.717) is 22.9 Å². The van der Waals surface area contributed by atoms with E-state index in [1.165, 1.54) is 10.9 Å². The molecule has 106 valence electrons. The van der Waals surface area contributed by atoms with E-state index in [0.717, 1.165) is 5.56 Å². The summed E-state index contributed by atoms with van der Waals surface area (Å²) in [6.45, 7) is 3.72. The Bertz CT molecular complexity index is 623. The maximum Gasteiger partial charge on any atom is 0.341 e. The molecule has 0 fully saturated rings. The van der Waals surface area contributed by atoms with Crippen LogP contribution in [-0.4, -0.2) is 27.5 Å². The Morgan fingerprint density at radius 3 is 2.90 bits per heavy atom. The van der Waals surface area contributed by atoms with E-state index in [-0.39, 0.29) is 0 Å². The van der Waals surface area contributed by atoms with Crippen molar-refractivity contribution in [3.63, 3.8) is 0 Å². The fourth-order valence-corrected chi connectivity index (χ4v) is 2.02. The van der Waals surface area contributed by atoms with Crippen LogP contribution in [0.4, 0.5) is 0 Å². The van der Waals surface area contributed by atoms with E-state index in [1.54, 1.807) is 38.2 Å². The van der Waals surface area contributed by atoms with E-state index >= 15 is 0 Å². The number of carbonyl (C=O) groups excluding carboxylic acids is 1. The van der Waals surface area contributed by atoms with E-state index in [2.05, 4.69) is 5.10 Å². The maximum absolute atomic E-state index is 11.6. The minimum Gasteiger partial charge on any atom is -0.462 e. The second kappa shape index (κ2) is 6.07. The van der Waals surface area contributed by atoms with Gasteiger partial charge >= 0.3 is 5.97 Å². The average Bonchev–Trinajstić information content (AvgIpc) is 2.88. The van der Waals surface area contributed by atoms with Crippen molar-refractivity contribution in [1.82, 2.24) is 9.78 Å². The quantitative estimate of drug-likeness (QED) is 0.881. The zero-order valence-electron chi connectivity index (χ0n) is 11.2. The highest BCUT2D eigenvalue weighted by molar-refractivity contribution is 6.32. The van der Waals surface area contributed by atoms with Crippen LogP contribution in [0.1, 0.15) is 35.9 Å². The molecule has 1 N–H and O–H groups in total. The minimum atomic E-state index is -0.589. The topological polar surface area (TPSA) is 64.3 Å². The van der Waals surface area contributed by atoms with Gasteiger partial charge in [0, 0.05) is 6.20 Å². The molecule has 1 aromatic carbocycles. The van der Waals surface area contributed by atoms with Crippen LogP contribution in [0.2, 0.25) is 5.02 Å². The highest BCUT2D eigenvalue weighted by Crippen LogP contribution is 2.24. The maximum atomic E-state index is 11.6. The van der Waals surface area contributed by atoms with Crippen LogP contribution in [0.5, 0.6) is 0 Å². The minimum absolute atomic E-state index is 0.313. The predicted octanol–water partition coefficient (Wildman–Crippen LogP) is 2.76. The van der Waals surface area contributed by atoms with Gasteiger partial charge in [-0.1, -0.05) is 17.7 Å². The summed E-state index contributed by atoms with van der Waals surface area (Å²) >= 11 is 6.17. The van der Waals surface area contributed by atoms with Gasteiger partial charge in [0.05, 0.1) is 35.2 Å². The molecule has 0 aliphatic carbocycles. The van der Waals surface area contributed by atoms with Crippen molar-refractivity contribution in [1.29, 1.82) is 0 Å². The molecule has 0 spiro atoms. The lowest BCUT2D eigenvalue weighted by molar-refractivity contribution is 0.0526. The fraction of sp³-hybridized carbons (Fsp3) is 0.286. The van der Waals surface area contributed by atoms with E-state index in [1.807, 2.05) is 0 Å². The molecule has 0 saturated heterocycles. The molecule has 0 saturated carbocycles. The number of rotatable bonds is 4. The number of benzene rings is 1. The lowest BCUT2D eigenvalue weighted by Crippen LogP contribution is -2.03. The van der Waals surface area contributed by atoms with Gasteiger partial charge in [-0.2, -0.15) is 5.10 Å². The largest absolute Gasteiger partial charge is 0.462 e. The Kier molecular flexibility index (Phi) is 4.42. The van der Waals surface area contributed by atoms with Gasteiger partial charge in [-0.15, -0.1) is 0 Å². The monoisotopic (exact) mass is 294 g/mol. The molecular formula is C14H15ClN2O3. The first-order chi connectivity index (χ1) is 9.52. The van der Waals surface area contributed by atoms with Crippen molar-refractivity contribution in [2.75, 3.05) is 6.61 Å². The molecule has 2 aromatic rings. The van der Waals surface area contributed by atoms with Crippen LogP contribution in [0.25, 0.3) is 5.69 Å². The Hall–Kier alpha value is -1.85. The van der Waals surface area contributed by atoms with Gasteiger partial charge in [-0.3, -0.25) is 0 Å². The Morgan fingerprint density at radius 2 is 2.30 bits per heavy atom. The number of esters is 1. The molecule has 20 heavy (non-hydrogen) atoms. The Labute approximate surface area is 121 Å². The van der Waals surface area contributed by atoms with Crippen LogP contribution in [0.3, 0.4) is 0 Å². The molecule has 0 radical (unpaired) electrons. The smallest absolute Gasteiger partial charge is 0.341 e. The Balaban J connectivity index is 2.30. The first kappa shape index (κ1) is 14.6. The second-order valence-electron chi connectivity index (χ2n) is 4.28. The molecule has 2 rings (SSSR count). The standard InChI is InChI=1S/C14H15ClN2O3/c1-3-20-14(19)11-7-16-17(8-11)13-5-4-10(9(2)18)6-12(13)15/h4-9,18H,3H2,1-2H3. The summed E-state index contributed by atoms with van der Waals surface area (Å²) in [4.78, 5) is 11.6. The number of aromatic nitrogens is 2. The van der Waals surface area contributed by atoms with Gasteiger partial charge in [0.25, 0.3) is 0 Å². The van der Waals surface area contributed by atoms with Crippen LogP contribution in [0, 0.1) is 0 Å². The molecule has 1 unspecified atom stereocenters. The number of hydrogen-bond acceptors (Lipinski definition) is 4. The number of halogens is 1. The SMILES string of the molecule is CCOC(=O)c1cnn(-c2ccc(C(C)O)cc2Cl)c1. The van der Waals surface area contributed by atoms with Crippen LogP contribution in [0.15, 0.2) is 30.6 Å². The van der Waals surface area contributed by atoms with Gasteiger partial charge in [0.1, 0.15) is 0 Å². The van der Waals surface area contributed by atoms with E-state index < -0.39 is 12.1 Å². The van der Waals surface area contributed by atoms with Gasteiger partial charge in [-0.05, 0) is 31.5 Å². The summed E-state index contributed by atoms with van der Waals surface area (Å²) in [5, 5.41) is 14.0. The molecule has 1 aromatic heterocycles. The van der Waals surface area contributed by atoms with Crippen molar-refractivity contribution in [3.8, 4) is 5.69 Å². The molecule has 6 heteroatoms. The summed E-state index contributed by atoms with van der Waals surface area (Å²) in [5.41, 5.74) is 1.71. The molecule has 0 aliphatic heterocycles. The third kappa shape index (κ3) is 3.00. The average molecular weight is 295 g/mol. The zero-order valence-corrected chi connectivity index (χ0v) is 12.0. The van der Waals surface area contributed by atoms with Crippen molar-refractivity contribution >= 4 is 17.6 Å². The first-order valence-electron chi connectivity index (χ1n) is 6.22. The molecule has 1 heterocycles. The number of hydrogen-bond donors (Lipinski definition) is 1. The van der Waals surface area contributed by atoms with Crippen molar-refractivity contribution in [2.24, 2.45) is 0 Å². The van der Waals surface area contributed by atoms with Gasteiger partial charge in [-0.25, -0.2) is 9.48 Å². The van der Waals surface area contributed by atoms with E-state index in [9.17, 15) is 9.90 Å². The fourth-order valence-electron chi connectivity index (χ4n) is 1.74. The summed E-state index contributed by atoms with van der Waals surface area (Å²) in [6, 6.07) is 5.18. The van der Waals surface area contributed by atoms with Crippen LogP contribution < -0.4 is 0 Å². The van der Waals surface area contributed by atoms with Crippen LogP contribution >= 0.6 is 11.6 Å². The summed E-state index contributed by atoms with van der Waals surface area (Å²) < 4.78 is 6.40. The van der Waals surface area contributed by atoms with Gasteiger partial charge in [0.2, 0.25) is 0 Å². The third-order valence-corrected chi connectivity index (χ3v) is 3.10. The van der Waals surface area contributed by atoms with Crippen molar-refractivity contribution < 1.29 is 14.6 Å². The summed E-state index contributed by atoms with van der Waals surface area (Å²) in [7, 11) is 0. The number of nitrogens with zero attached hydrogens (tertiary/aromatic N) is 2. The van der Waals surface area contributed by atoms with Gasteiger partial charge in [0.15, 0.2) is 0 Å². The second-order valence-corrected chi connectivity index (χ2v) is 4.69. The van der Waals surface area contributed by atoms with Crippen molar-refractivity contribution in [3.05, 3.63) is 46.7 Å². The number of aliphatic hydroxyl groups excluding tert-OH is 1. The number of aliphatic hydroxyl groups is 1. The zero-order chi connectivity index (χ0) is 14.7. The Morgan fingerprint density at radius 1 is 1.55 bits per heavy atom.